The highest BCUT2D eigenvalue weighted by molar-refractivity contribution is 9.10. The summed E-state index contributed by atoms with van der Waals surface area (Å²) in [7, 11) is 0. The van der Waals surface area contributed by atoms with E-state index in [0.29, 0.717) is 5.95 Å². The summed E-state index contributed by atoms with van der Waals surface area (Å²) < 4.78 is 2.86. The van der Waals surface area contributed by atoms with Gasteiger partial charge in [0.05, 0.1) is 6.04 Å². The molecule has 0 aliphatic heterocycles. The lowest BCUT2D eigenvalue weighted by Crippen LogP contribution is -2.07. The zero-order valence-corrected chi connectivity index (χ0v) is 12.9. The number of rotatable bonds is 3. The van der Waals surface area contributed by atoms with Gasteiger partial charge in [-0.25, -0.2) is 4.52 Å². The van der Waals surface area contributed by atoms with Crippen LogP contribution in [-0.2, 0) is 0 Å². The van der Waals surface area contributed by atoms with Gasteiger partial charge in [0.1, 0.15) is 0 Å². The second-order valence-corrected chi connectivity index (χ2v) is 5.78. The number of benzene rings is 1. The Kier molecular flexibility index (Phi) is 3.44. The molecule has 0 bridgehead atoms. The molecule has 0 spiro atoms. The molecule has 4 nitrogen and oxygen atoms in total. The van der Waals surface area contributed by atoms with Gasteiger partial charge in [0.15, 0.2) is 5.65 Å². The molecule has 0 fully saturated rings. The fourth-order valence-electron chi connectivity index (χ4n) is 2.07. The fourth-order valence-corrected chi connectivity index (χ4v) is 2.34. The highest BCUT2D eigenvalue weighted by Crippen LogP contribution is 2.20. The van der Waals surface area contributed by atoms with E-state index in [-0.39, 0.29) is 6.04 Å². The number of hydrogen-bond acceptors (Lipinski definition) is 3. The summed E-state index contributed by atoms with van der Waals surface area (Å²) in [6.07, 6.45) is 1.92. The van der Waals surface area contributed by atoms with Crippen molar-refractivity contribution in [1.29, 1.82) is 0 Å². The lowest BCUT2D eigenvalue weighted by Gasteiger charge is -2.12. The molecule has 5 heteroatoms. The first-order chi connectivity index (χ1) is 9.61. The molecule has 0 radical (unpaired) electrons. The van der Waals surface area contributed by atoms with E-state index >= 15 is 0 Å². The summed E-state index contributed by atoms with van der Waals surface area (Å²) >= 11 is 3.44. The minimum Gasteiger partial charge on any atom is -0.346 e. The number of fused-ring (bicyclic) bond motifs is 1. The third kappa shape index (κ3) is 2.67. The van der Waals surface area contributed by atoms with Crippen molar-refractivity contribution < 1.29 is 0 Å². The normalized spacial score (nSPS) is 12.6. The van der Waals surface area contributed by atoms with Crippen molar-refractivity contribution in [2.24, 2.45) is 0 Å². The van der Waals surface area contributed by atoms with Crippen molar-refractivity contribution in [2.45, 2.75) is 19.9 Å². The number of aromatic nitrogens is 3. The van der Waals surface area contributed by atoms with E-state index in [1.54, 1.807) is 4.52 Å². The molecule has 1 N–H and O–H groups in total. The van der Waals surface area contributed by atoms with Crippen LogP contribution in [0, 0.1) is 6.92 Å². The zero-order valence-electron chi connectivity index (χ0n) is 11.3. The molecule has 0 aliphatic carbocycles. The summed E-state index contributed by atoms with van der Waals surface area (Å²) in [5.74, 6) is 0.644. The van der Waals surface area contributed by atoms with Gasteiger partial charge >= 0.3 is 0 Å². The second kappa shape index (κ2) is 5.25. The molecular formula is C15H15BrN4. The van der Waals surface area contributed by atoms with Crippen molar-refractivity contribution in [1.82, 2.24) is 14.6 Å². The molecule has 1 unspecified atom stereocenters. The zero-order chi connectivity index (χ0) is 14.1. The van der Waals surface area contributed by atoms with E-state index in [4.69, 9.17) is 0 Å². The Morgan fingerprint density at radius 2 is 1.95 bits per heavy atom. The number of halogens is 1. The maximum absolute atomic E-state index is 4.49. The Morgan fingerprint density at radius 1 is 1.20 bits per heavy atom. The van der Waals surface area contributed by atoms with E-state index in [1.165, 1.54) is 11.1 Å². The van der Waals surface area contributed by atoms with E-state index in [1.807, 2.05) is 37.4 Å². The van der Waals surface area contributed by atoms with E-state index in [9.17, 15) is 0 Å². The maximum Gasteiger partial charge on any atom is 0.243 e. The van der Waals surface area contributed by atoms with Gasteiger partial charge in [-0.1, -0.05) is 28.1 Å². The molecular weight excluding hydrogens is 316 g/mol. The van der Waals surface area contributed by atoms with Crippen LogP contribution in [0.1, 0.15) is 24.1 Å². The molecule has 3 aromatic rings. The highest BCUT2D eigenvalue weighted by atomic mass is 79.9. The molecule has 1 atom stereocenters. The number of nitrogens with zero attached hydrogens (tertiary/aromatic N) is 3. The van der Waals surface area contributed by atoms with Crippen molar-refractivity contribution in [3.8, 4) is 0 Å². The largest absolute Gasteiger partial charge is 0.346 e. The molecule has 20 heavy (non-hydrogen) atoms. The van der Waals surface area contributed by atoms with Crippen molar-refractivity contribution in [3.63, 3.8) is 0 Å². The quantitative estimate of drug-likeness (QED) is 0.789. The average molecular weight is 331 g/mol. The van der Waals surface area contributed by atoms with Gasteiger partial charge in [-0.05, 0) is 49.2 Å². The third-order valence-electron chi connectivity index (χ3n) is 3.21. The fraction of sp³-hybridized carbons (Fsp3) is 0.200. The van der Waals surface area contributed by atoms with Crippen LogP contribution in [0.4, 0.5) is 5.95 Å². The second-order valence-electron chi connectivity index (χ2n) is 4.86. The van der Waals surface area contributed by atoms with Gasteiger partial charge in [-0.3, -0.25) is 0 Å². The molecule has 0 amide bonds. The highest BCUT2D eigenvalue weighted by Gasteiger charge is 2.09. The van der Waals surface area contributed by atoms with Gasteiger partial charge in [0, 0.05) is 10.7 Å². The van der Waals surface area contributed by atoms with Crippen molar-refractivity contribution in [3.05, 3.63) is 58.2 Å². The van der Waals surface area contributed by atoms with E-state index in [0.717, 1.165) is 10.1 Å². The van der Waals surface area contributed by atoms with Crippen LogP contribution in [0.3, 0.4) is 0 Å². The van der Waals surface area contributed by atoms with Crippen molar-refractivity contribution >= 4 is 27.5 Å². The van der Waals surface area contributed by atoms with Crippen LogP contribution >= 0.6 is 15.9 Å². The molecule has 0 saturated heterocycles. The number of pyridine rings is 1. The van der Waals surface area contributed by atoms with Crippen LogP contribution < -0.4 is 5.32 Å². The first-order valence-electron chi connectivity index (χ1n) is 6.47. The Bertz CT molecular complexity index is 733. The Balaban J connectivity index is 1.83. The summed E-state index contributed by atoms with van der Waals surface area (Å²) in [6.45, 7) is 4.15. The van der Waals surface area contributed by atoms with Crippen LogP contribution in [0.25, 0.3) is 5.65 Å². The summed E-state index contributed by atoms with van der Waals surface area (Å²) in [6, 6.07) is 12.4. The monoisotopic (exact) mass is 330 g/mol. The number of aryl methyl sites for hydroxylation is 1. The predicted molar refractivity (Wildman–Crippen MR) is 83.9 cm³/mol. The Hall–Kier alpha value is -1.88. The molecule has 2 aromatic heterocycles. The van der Waals surface area contributed by atoms with Crippen LogP contribution in [0.15, 0.2) is 47.1 Å². The van der Waals surface area contributed by atoms with Gasteiger partial charge in [-0.2, -0.15) is 4.98 Å². The summed E-state index contributed by atoms with van der Waals surface area (Å²) in [5.41, 5.74) is 3.23. The third-order valence-corrected chi connectivity index (χ3v) is 3.74. The topological polar surface area (TPSA) is 42.2 Å². The molecule has 0 aliphatic rings. The first-order valence-corrected chi connectivity index (χ1v) is 7.26. The number of anilines is 1. The Labute approximate surface area is 126 Å². The van der Waals surface area contributed by atoms with Crippen LogP contribution in [0.5, 0.6) is 0 Å². The number of hydrogen-bond donors (Lipinski definition) is 1. The lowest BCUT2D eigenvalue weighted by molar-refractivity contribution is 0.852. The van der Waals surface area contributed by atoms with Gasteiger partial charge in [0.2, 0.25) is 5.95 Å². The minimum atomic E-state index is 0.154. The van der Waals surface area contributed by atoms with Crippen molar-refractivity contribution in [2.75, 3.05) is 5.32 Å². The maximum atomic E-state index is 4.49. The standard InChI is InChI=1S/C15H15BrN4/c1-10-7-8-20-14(9-10)18-15(19-20)17-11(2)12-3-5-13(16)6-4-12/h3-9,11H,1-2H3,(H,17,19). The SMILES string of the molecule is Cc1ccn2nc(NC(C)c3ccc(Br)cc3)nc2c1. The Morgan fingerprint density at radius 3 is 2.70 bits per heavy atom. The van der Waals surface area contributed by atoms with E-state index in [2.05, 4.69) is 50.4 Å². The van der Waals surface area contributed by atoms with Crippen LogP contribution in [-0.4, -0.2) is 14.6 Å². The molecule has 3 rings (SSSR count). The van der Waals surface area contributed by atoms with Crippen LogP contribution in [0.2, 0.25) is 0 Å². The lowest BCUT2D eigenvalue weighted by atomic mass is 10.1. The minimum absolute atomic E-state index is 0.154. The summed E-state index contributed by atoms with van der Waals surface area (Å²) in [5, 5.41) is 7.75. The number of nitrogens with one attached hydrogen (secondary N) is 1. The van der Waals surface area contributed by atoms with Gasteiger partial charge in [-0.15, -0.1) is 5.10 Å². The molecule has 102 valence electrons. The van der Waals surface area contributed by atoms with Gasteiger partial charge in [0.25, 0.3) is 0 Å². The predicted octanol–water partition coefficient (Wildman–Crippen LogP) is 3.97. The van der Waals surface area contributed by atoms with E-state index < -0.39 is 0 Å². The summed E-state index contributed by atoms with van der Waals surface area (Å²) in [4.78, 5) is 4.49. The van der Waals surface area contributed by atoms with Gasteiger partial charge < -0.3 is 5.32 Å². The molecule has 0 saturated carbocycles. The molecule has 2 heterocycles. The molecule has 1 aromatic carbocycles. The first kappa shape index (κ1) is 13.1. The average Bonchev–Trinajstić information content (AvgIpc) is 2.80. The smallest absolute Gasteiger partial charge is 0.243 e.